The van der Waals surface area contributed by atoms with Gasteiger partial charge in [-0.1, -0.05) is 4.49 Å². The molecular weight excluding hydrogens is 326 g/mol. The van der Waals surface area contributed by atoms with Crippen LogP contribution in [0.5, 0.6) is 0 Å². The van der Waals surface area contributed by atoms with Gasteiger partial charge in [-0.15, -0.1) is 5.10 Å². The Kier molecular flexibility index (Phi) is 4.00. The molecule has 0 bridgehead atoms. The molecule has 1 aliphatic rings. The van der Waals surface area contributed by atoms with Crippen LogP contribution >= 0.6 is 11.5 Å². The SMILES string of the molecule is CS(=O)(=O)c1snnc1[C@@H]1CCCN(C(=O)c2ccco2)C1. The van der Waals surface area contributed by atoms with Crippen molar-refractivity contribution >= 4 is 27.3 Å². The highest BCUT2D eigenvalue weighted by Crippen LogP contribution is 2.32. The molecule has 2 aromatic heterocycles. The third-order valence-corrected chi connectivity index (χ3v) is 6.20. The molecule has 0 spiro atoms. The van der Waals surface area contributed by atoms with Gasteiger partial charge in [-0.2, -0.15) is 0 Å². The second-order valence-electron chi connectivity index (χ2n) is 5.29. The van der Waals surface area contributed by atoms with E-state index in [4.69, 9.17) is 4.42 Å². The monoisotopic (exact) mass is 341 g/mol. The molecule has 118 valence electrons. The lowest BCUT2D eigenvalue weighted by atomic mass is 9.95. The van der Waals surface area contributed by atoms with Crippen molar-refractivity contribution in [1.29, 1.82) is 0 Å². The van der Waals surface area contributed by atoms with E-state index in [-0.39, 0.29) is 16.0 Å². The summed E-state index contributed by atoms with van der Waals surface area (Å²) in [6.45, 7) is 1.05. The van der Waals surface area contributed by atoms with Crippen molar-refractivity contribution in [3.8, 4) is 0 Å². The predicted octanol–water partition coefficient (Wildman–Crippen LogP) is 1.55. The largest absolute Gasteiger partial charge is 0.459 e. The van der Waals surface area contributed by atoms with Crippen LogP contribution in [0.1, 0.15) is 35.0 Å². The van der Waals surface area contributed by atoms with Crippen molar-refractivity contribution in [3.05, 3.63) is 29.9 Å². The van der Waals surface area contributed by atoms with Crippen LogP contribution in [0.15, 0.2) is 27.0 Å². The minimum Gasteiger partial charge on any atom is -0.459 e. The van der Waals surface area contributed by atoms with E-state index in [1.54, 1.807) is 17.0 Å². The molecular formula is C13H15N3O4S2. The third-order valence-electron chi connectivity index (χ3n) is 3.65. The average molecular weight is 341 g/mol. The Hall–Kier alpha value is -1.74. The molecule has 1 atom stereocenters. The van der Waals surface area contributed by atoms with Crippen molar-refractivity contribution in [3.63, 3.8) is 0 Å². The second-order valence-corrected chi connectivity index (χ2v) is 8.25. The number of furan rings is 1. The summed E-state index contributed by atoms with van der Waals surface area (Å²) in [4.78, 5) is 14.0. The molecule has 1 amide bonds. The van der Waals surface area contributed by atoms with E-state index in [1.165, 1.54) is 6.26 Å². The van der Waals surface area contributed by atoms with E-state index in [0.717, 1.165) is 30.6 Å². The van der Waals surface area contributed by atoms with E-state index >= 15 is 0 Å². The molecule has 0 unspecified atom stereocenters. The van der Waals surface area contributed by atoms with Gasteiger partial charge in [0.15, 0.2) is 19.8 Å². The van der Waals surface area contributed by atoms with Gasteiger partial charge in [0.05, 0.1) is 12.0 Å². The Morgan fingerprint density at radius 3 is 3.00 bits per heavy atom. The third kappa shape index (κ3) is 2.91. The molecule has 3 heterocycles. The van der Waals surface area contributed by atoms with Crippen LogP contribution in [0.3, 0.4) is 0 Å². The van der Waals surface area contributed by atoms with Crippen LogP contribution in [-0.2, 0) is 9.84 Å². The number of carbonyl (C=O) groups is 1. The fraction of sp³-hybridized carbons (Fsp3) is 0.462. The number of hydrogen-bond acceptors (Lipinski definition) is 7. The summed E-state index contributed by atoms with van der Waals surface area (Å²) < 4.78 is 32.7. The molecule has 0 saturated carbocycles. The number of nitrogens with zero attached hydrogens (tertiary/aromatic N) is 3. The maximum atomic E-state index is 12.3. The Morgan fingerprint density at radius 1 is 1.50 bits per heavy atom. The fourth-order valence-corrected chi connectivity index (χ4v) is 4.37. The van der Waals surface area contributed by atoms with Crippen molar-refractivity contribution < 1.29 is 17.6 Å². The molecule has 1 aliphatic heterocycles. The van der Waals surface area contributed by atoms with Gasteiger partial charge in [-0.25, -0.2) is 8.42 Å². The molecule has 0 N–H and O–H groups in total. The van der Waals surface area contributed by atoms with Crippen molar-refractivity contribution in [2.24, 2.45) is 0 Å². The van der Waals surface area contributed by atoms with Crippen LogP contribution in [0.25, 0.3) is 0 Å². The Bertz CT molecular complexity index is 767. The van der Waals surface area contributed by atoms with Gasteiger partial charge in [0.2, 0.25) is 0 Å². The first kappa shape index (κ1) is 15.2. The molecule has 2 aromatic rings. The molecule has 7 nitrogen and oxygen atoms in total. The predicted molar refractivity (Wildman–Crippen MR) is 79.6 cm³/mol. The number of carbonyl (C=O) groups excluding carboxylic acids is 1. The van der Waals surface area contributed by atoms with Gasteiger partial charge >= 0.3 is 0 Å². The Morgan fingerprint density at radius 2 is 2.32 bits per heavy atom. The molecule has 9 heteroatoms. The van der Waals surface area contributed by atoms with E-state index in [0.29, 0.717) is 24.5 Å². The summed E-state index contributed by atoms with van der Waals surface area (Å²) in [6.07, 6.45) is 4.19. The molecule has 22 heavy (non-hydrogen) atoms. The normalized spacial score (nSPS) is 19.3. The van der Waals surface area contributed by atoms with Crippen LogP contribution in [0.2, 0.25) is 0 Å². The first-order chi connectivity index (χ1) is 10.5. The molecule has 3 rings (SSSR count). The van der Waals surface area contributed by atoms with Gasteiger partial charge in [0, 0.05) is 36.8 Å². The summed E-state index contributed by atoms with van der Waals surface area (Å²) in [7, 11) is -3.35. The van der Waals surface area contributed by atoms with Gasteiger partial charge < -0.3 is 9.32 Å². The summed E-state index contributed by atoms with van der Waals surface area (Å²) in [5.74, 6) is -0.00433. The van der Waals surface area contributed by atoms with Crippen LogP contribution in [0.4, 0.5) is 0 Å². The van der Waals surface area contributed by atoms with Crippen LogP contribution in [-0.4, -0.2) is 48.2 Å². The first-order valence-corrected chi connectivity index (χ1v) is 9.48. The molecule has 0 aromatic carbocycles. The molecule has 1 saturated heterocycles. The standard InChI is InChI=1S/C13H15N3O4S2/c1-22(18,19)13-11(14-15-21-13)9-4-2-6-16(8-9)12(17)10-5-3-7-20-10/h3,5,7,9H,2,4,6,8H2,1H3/t9-/m1/s1. The molecule has 0 aliphatic carbocycles. The zero-order valence-corrected chi connectivity index (χ0v) is 13.6. The van der Waals surface area contributed by atoms with E-state index < -0.39 is 9.84 Å². The number of hydrogen-bond donors (Lipinski definition) is 0. The maximum Gasteiger partial charge on any atom is 0.289 e. The van der Waals surface area contributed by atoms with Crippen LogP contribution in [0, 0.1) is 0 Å². The first-order valence-electron chi connectivity index (χ1n) is 6.82. The lowest BCUT2D eigenvalue weighted by Crippen LogP contribution is -2.39. The highest BCUT2D eigenvalue weighted by atomic mass is 32.2. The highest BCUT2D eigenvalue weighted by Gasteiger charge is 2.32. The van der Waals surface area contributed by atoms with Crippen LogP contribution < -0.4 is 0 Å². The summed E-state index contributed by atoms with van der Waals surface area (Å²) in [5, 5.41) is 3.99. The topological polar surface area (TPSA) is 93.4 Å². The molecule has 1 fully saturated rings. The summed E-state index contributed by atoms with van der Waals surface area (Å²) in [5.41, 5.74) is 0.476. The maximum absolute atomic E-state index is 12.3. The molecule has 0 radical (unpaired) electrons. The lowest BCUT2D eigenvalue weighted by molar-refractivity contribution is 0.0673. The lowest BCUT2D eigenvalue weighted by Gasteiger charge is -2.31. The quantitative estimate of drug-likeness (QED) is 0.841. The van der Waals surface area contributed by atoms with E-state index in [2.05, 4.69) is 9.59 Å². The minimum absolute atomic E-state index is 0.115. The second kappa shape index (κ2) is 5.81. The van der Waals surface area contributed by atoms with Gasteiger partial charge in [0.25, 0.3) is 5.91 Å². The van der Waals surface area contributed by atoms with Gasteiger partial charge in [-0.3, -0.25) is 4.79 Å². The summed E-state index contributed by atoms with van der Waals surface area (Å²) in [6, 6.07) is 3.29. The van der Waals surface area contributed by atoms with Crippen molar-refractivity contribution in [2.75, 3.05) is 19.3 Å². The number of rotatable bonds is 3. The minimum atomic E-state index is -3.35. The number of amides is 1. The fourth-order valence-electron chi connectivity index (χ4n) is 2.64. The van der Waals surface area contributed by atoms with Crippen molar-refractivity contribution in [1.82, 2.24) is 14.5 Å². The Balaban J connectivity index is 1.82. The average Bonchev–Trinajstić information content (AvgIpc) is 3.17. The smallest absolute Gasteiger partial charge is 0.289 e. The van der Waals surface area contributed by atoms with Crippen molar-refractivity contribution in [2.45, 2.75) is 23.0 Å². The number of aromatic nitrogens is 2. The van der Waals surface area contributed by atoms with E-state index in [1.807, 2.05) is 0 Å². The van der Waals surface area contributed by atoms with Gasteiger partial charge in [-0.05, 0) is 25.0 Å². The van der Waals surface area contributed by atoms with E-state index in [9.17, 15) is 13.2 Å². The number of piperidine rings is 1. The Labute approximate surface area is 132 Å². The van der Waals surface area contributed by atoms with Gasteiger partial charge in [0.1, 0.15) is 0 Å². The zero-order chi connectivity index (χ0) is 15.7. The number of sulfone groups is 1. The summed E-state index contributed by atoms with van der Waals surface area (Å²) >= 11 is 0.886. The highest BCUT2D eigenvalue weighted by molar-refractivity contribution is 7.92. The number of likely N-dealkylation sites (tertiary alicyclic amines) is 1. The zero-order valence-electron chi connectivity index (χ0n) is 11.9.